The van der Waals surface area contributed by atoms with Gasteiger partial charge in [0, 0.05) is 18.4 Å². The van der Waals surface area contributed by atoms with Gasteiger partial charge in [-0.1, -0.05) is 35.9 Å². The highest BCUT2D eigenvalue weighted by molar-refractivity contribution is 5.97. The van der Waals surface area contributed by atoms with Gasteiger partial charge in [-0.05, 0) is 62.8 Å². The van der Waals surface area contributed by atoms with Crippen LogP contribution in [0.1, 0.15) is 70.8 Å². The Morgan fingerprint density at radius 3 is 2.58 bits per heavy atom. The third-order valence-corrected chi connectivity index (χ3v) is 6.69. The zero-order chi connectivity index (χ0) is 27.3. The maximum atomic E-state index is 13.4. The van der Waals surface area contributed by atoms with E-state index in [0.717, 1.165) is 16.7 Å². The van der Waals surface area contributed by atoms with Crippen LogP contribution in [-0.4, -0.2) is 39.7 Å². The van der Waals surface area contributed by atoms with E-state index in [1.165, 1.54) is 0 Å². The van der Waals surface area contributed by atoms with E-state index >= 15 is 0 Å². The van der Waals surface area contributed by atoms with Gasteiger partial charge in [-0.3, -0.25) is 14.7 Å². The van der Waals surface area contributed by atoms with Gasteiger partial charge in [0.15, 0.2) is 11.6 Å². The zero-order valence-electron chi connectivity index (χ0n) is 21.5. The second-order valence-electron chi connectivity index (χ2n) is 9.85. The molecule has 7 nitrogen and oxygen atoms in total. The minimum atomic E-state index is -4.22. The summed E-state index contributed by atoms with van der Waals surface area (Å²) in [6.45, 7) is 3.64. The van der Waals surface area contributed by atoms with Gasteiger partial charge in [-0.15, -0.1) is 0 Å². The molecule has 1 atom stereocenters. The molecule has 38 heavy (non-hydrogen) atoms. The largest absolute Gasteiger partial charge is 0.494 e. The van der Waals surface area contributed by atoms with Gasteiger partial charge in [0.25, 0.3) is 0 Å². The first kappa shape index (κ1) is 27.3. The number of Topliss-reactive ketones (excluding diaryl/α,β-unsaturated/α-hetero) is 1. The van der Waals surface area contributed by atoms with Gasteiger partial charge in [0.2, 0.25) is 5.91 Å². The SMILES string of the molecule is Cc1ccc(C(=O)C[C@@]2(NC(=O)Cc3n[nH]c(C)n3)CCCc3cc(OCCCC(F)(F)F)ccc32)cc1. The van der Waals surface area contributed by atoms with Crippen LogP contribution in [0.3, 0.4) is 0 Å². The number of aromatic amines is 1. The first-order valence-corrected chi connectivity index (χ1v) is 12.6. The van der Waals surface area contributed by atoms with E-state index in [-0.39, 0.29) is 37.6 Å². The average Bonchev–Trinajstić information content (AvgIpc) is 3.25. The number of nitrogens with zero attached hydrogens (tertiary/aromatic N) is 2. The maximum absolute atomic E-state index is 13.4. The first-order valence-electron chi connectivity index (χ1n) is 12.6. The van der Waals surface area contributed by atoms with Gasteiger partial charge >= 0.3 is 6.18 Å². The lowest BCUT2D eigenvalue weighted by Gasteiger charge is -2.40. The fraction of sp³-hybridized carbons (Fsp3) is 0.429. The number of ketones is 1. The average molecular weight is 529 g/mol. The summed E-state index contributed by atoms with van der Waals surface area (Å²) in [7, 11) is 0. The van der Waals surface area contributed by atoms with Crippen LogP contribution in [0, 0.1) is 13.8 Å². The van der Waals surface area contributed by atoms with Gasteiger partial charge in [-0.25, -0.2) is 4.98 Å². The Balaban J connectivity index is 1.58. The molecular weight excluding hydrogens is 497 g/mol. The molecule has 0 unspecified atom stereocenters. The summed E-state index contributed by atoms with van der Waals surface area (Å²) >= 11 is 0. The Morgan fingerprint density at radius 2 is 1.89 bits per heavy atom. The Hall–Kier alpha value is -3.69. The number of halogens is 3. The molecule has 1 aliphatic carbocycles. The fourth-order valence-electron chi connectivity index (χ4n) is 4.91. The van der Waals surface area contributed by atoms with Crippen molar-refractivity contribution in [2.45, 2.75) is 70.5 Å². The molecule has 1 aromatic heterocycles. The van der Waals surface area contributed by atoms with Crippen LogP contribution >= 0.6 is 0 Å². The van der Waals surface area contributed by atoms with Gasteiger partial charge in [-0.2, -0.15) is 18.3 Å². The summed E-state index contributed by atoms with van der Waals surface area (Å²) in [6.07, 6.45) is -3.26. The van der Waals surface area contributed by atoms with E-state index in [1.807, 2.05) is 25.1 Å². The van der Waals surface area contributed by atoms with Crippen molar-refractivity contribution in [1.29, 1.82) is 0 Å². The highest BCUT2D eigenvalue weighted by atomic mass is 19.4. The number of aromatic nitrogens is 3. The summed E-state index contributed by atoms with van der Waals surface area (Å²) in [5.41, 5.74) is 2.36. The number of rotatable bonds is 10. The second-order valence-corrected chi connectivity index (χ2v) is 9.85. The normalized spacial score (nSPS) is 17.1. The van der Waals surface area contributed by atoms with E-state index in [2.05, 4.69) is 20.5 Å². The molecule has 1 aliphatic rings. The predicted molar refractivity (Wildman–Crippen MR) is 135 cm³/mol. The number of fused-ring (bicyclic) bond motifs is 1. The molecule has 202 valence electrons. The van der Waals surface area contributed by atoms with E-state index < -0.39 is 18.1 Å². The molecule has 0 bridgehead atoms. The van der Waals surface area contributed by atoms with Crippen LogP contribution in [0.5, 0.6) is 5.75 Å². The van der Waals surface area contributed by atoms with Crippen LogP contribution in [0.2, 0.25) is 0 Å². The van der Waals surface area contributed by atoms with Crippen molar-refractivity contribution >= 4 is 11.7 Å². The lowest BCUT2D eigenvalue weighted by atomic mass is 9.73. The number of carbonyl (C=O) groups excluding carboxylic acids is 2. The predicted octanol–water partition coefficient (Wildman–Crippen LogP) is 5.31. The number of amides is 1. The minimum absolute atomic E-state index is 0.0411. The minimum Gasteiger partial charge on any atom is -0.494 e. The molecule has 0 radical (unpaired) electrons. The van der Waals surface area contributed by atoms with Crippen molar-refractivity contribution in [3.8, 4) is 5.75 Å². The molecule has 0 saturated carbocycles. The molecule has 3 aromatic rings. The van der Waals surface area contributed by atoms with Crippen LogP contribution in [0.15, 0.2) is 42.5 Å². The first-order chi connectivity index (χ1) is 18.0. The molecule has 0 spiro atoms. The molecule has 4 rings (SSSR count). The third-order valence-electron chi connectivity index (χ3n) is 6.69. The standard InChI is InChI=1S/C28H31F3N4O3/c1-18-6-8-20(9-7-18)24(36)17-27(33-26(37)16-25-32-19(2)34-35-25)12-3-5-21-15-22(10-11-23(21)27)38-14-4-13-28(29,30)31/h6-11,15H,3-5,12-14,16-17H2,1-2H3,(H,33,37)(H,32,34,35)/t27-/m0/s1. The summed E-state index contributed by atoms with van der Waals surface area (Å²) < 4.78 is 42.9. The molecule has 0 saturated heterocycles. The molecule has 1 amide bonds. The van der Waals surface area contributed by atoms with Crippen molar-refractivity contribution in [2.24, 2.45) is 0 Å². The quantitative estimate of drug-likeness (QED) is 0.275. The summed E-state index contributed by atoms with van der Waals surface area (Å²) in [5, 5.41) is 9.90. The van der Waals surface area contributed by atoms with Crippen molar-refractivity contribution in [3.63, 3.8) is 0 Å². The molecule has 0 fully saturated rings. The third kappa shape index (κ3) is 6.99. The van der Waals surface area contributed by atoms with Crippen molar-refractivity contribution in [1.82, 2.24) is 20.5 Å². The number of carbonyl (C=O) groups is 2. The second kappa shape index (κ2) is 11.4. The Bertz CT molecular complexity index is 1290. The molecular formula is C28H31F3N4O3. The molecule has 0 aliphatic heterocycles. The van der Waals surface area contributed by atoms with E-state index in [9.17, 15) is 22.8 Å². The van der Waals surface area contributed by atoms with Gasteiger partial charge in [0.1, 0.15) is 11.6 Å². The number of alkyl halides is 3. The van der Waals surface area contributed by atoms with Crippen LogP contribution in [-0.2, 0) is 23.2 Å². The molecule has 2 N–H and O–H groups in total. The van der Waals surface area contributed by atoms with Crippen molar-refractivity contribution in [3.05, 3.63) is 76.4 Å². The number of benzene rings is 2. The number of hydrogen-bond donors (Lipinski definition) is 2. The Labute approximate surface area is 219 Å². The van der Waals surface area contributed by atoms with Crippen molar-refractivity contribution < 1.29 is 27.5 Å². The van der Waals surface area contributed by atoms with Crippen molar-refractivity contribution in [2.75, 3.05) is 6.61 Å². The monoisotopic (exact) mass is 528 g/mol. The number of nitrogens with one attached hydrogen (secondary N) is 2. The fourth-order valence-corrected chi connectivity index (χ4v) is 4.91. The zero-order valence-corrected chi connectivity index (χ0v) is 21.5. The van der Waals surface area contributed by atoms with Gasteiger partial charge < -0.3 is 10.1 Å². The highest BCUT2D eigenvalue weighted by Crippen LogP contribution is 2.40. The van der Waals surface area contributed by atoms with Gasteiger partial charge in [0.05, 0.1) is 18.6 Å². The Morgan fingerprint density at radius 1 is 1.13 bits per heavy atom. The number of ether oxygens (including phenoxy) is 1. The van der Waals surface area contributed by atoms with Crippen LogP contribution < -0.4 is 10.1 Å². The Kier molecular flexibility index (Phi) is 8.18. The topological polar surface area (TPSA) is 97.0 Å². The maximum Gasteiger partial charge on any atom is 0.389 e. The number of H-pyrrole nitrogens is 1. The number of aryl methyl sites for hydroxylation is 3. The highest BCUT2D eigenvalue weighted by Gasteiger charge is 2.40. The summed E-state index contributed by atoms with van der Waals surface area (Å²) in [5.74, 6) is 1.02. The van der Waals surface area contributed by atoms with Crippen LogP contribution in [0.25, 0.3) is 0 Å². The van der Waals surface area contributed by atoms with E-state index in [0.29, 0.717) is 42.2 Å². The summed E-state index contributed by atoms with van der Waals surface area (Å²) in [4.78, 5) is 30.8. The smallest absolute Gasteiger partial charge is 0.389 e. The van der Waals surface area contributed by atoms with Crippen LogP contribution in [0.4, 0.5) is 13.2 Å². The number of hydrogen-bond acceptors (Lipinski definition) is 5. The van der Waals surface area contributed by atoms with E-state index in [4.69, 9.17) is 4.74 Å². The molecule has 2 aromatic carbocycles. The lowest BCUT2D eigenvalue weighted by Crippen LogP contribution is -2.50. The summed E-state index contributed by atoms with van der Waals surface area (Å²) in [6, 6.07) is 12.6. The molecule has 1 heterocycles. The van der Waals surface area contributed by atoms with E-state index in [1.54, 1.807) is 31.2 Å². The molecule has 10 heteroatoms. The lowest BCUT2D eigenvalue weighted by molar-refractivity contribution is -0.136.